The lowest BCUT2D eigenvalue weighted by atomic mass is 9.77. The Hall–Kier alpha value is -1.25. The maximum atomic E-state index is 16.1. The number of halogens is 2. The number of alkyl halides is 2. The Morgan fingerprint density at radius 2 is 1.78 bits per heavy atom. The lowest BCUT2D eigenvalue weighted by Gasteiger charge is -2.50. The fourth-order valence-corrected chi connectivity index (χ4v) is 12.6. The summed E-state index contributed by atoms with van der Waals surface area (Å²) in [5.41, 5.74) is 6.15. The van der Waals surface area contributed by atoms with E-state index in [2.05, 4.69) is 38.6 Å². The van der Waals surface area contributed by atoms with Crippen molar-refractivity contribution in [3.05, 3.63) is 10.1 Å². The van der Waals surface area contributed by atoms with Gasteiger partial charge in [0.25, 0.3) is 0 Å². The Morgan fingerprint density at radius 3 is 2.37 bits per heavy atom. The quantitative estimate of drug-likeness (QED) is 0.145. The number of sulfone groups is 1. The molecule has 18 heteroatoms. The number of nitrogens with zero attached hydrogens (tertiary/aromatic N) is 3. The van der Waals surface area contributed by atoms with Gasteiger partial charge in [-0.15, -0.1) is 11.8 Å². The fourth-order valence-electron chi connectivity index (χ4n) is 8.83. The van der Waals surface area contributed by atoms with Crippen molar-refractivity contribution in [2.75, 3.05) is 34.3 Å². The van der Waals surface area contributed by atoms with Crippen molar-refractivity contribution in [3.8, 4) is 0 Å². The van der Waals surface area contributed by atoms with Crippen LogP contribution in [0.1, 0.15) is 85.0 Å². The van der Waals surface area contributed by atoms with E-state index in [1.807, 2.05) is 0 Å². The maximum absolute atomic E-state index is 16.1. The van der Waals surface area contributed by atoms with Crippen molar-refractivity contribution < 1.29 is 31.7 Å². The minimum atomic E-state index is -4.02. The average molecular weight is 767 g/mol. The lowest BCUT2D eigenvalue weighted by molar-refractivity contribution is -0.536. The number of rotatable bonds is 12. The smallest absolute Gasteiger partial charge is 0.244 e. The number of nitrogens with one attached hydrogen (secondary N) is 5. The predicted octanol–water partition coefficient (Wildman–Crippen LogP) is 2.09. The molecule has 12 unspecified atom stereocenters. The highest BCUT2D eigenvalue weighted by atomic mass is 32.2. The molecule has 12 atom stereocenters. The summed E-state index contributed by atoms with van der Waals surface area (Å²) >= 11 is 1.42. The number of nitro groups is 1. The van der Waals surface area contributed by atoms with E-state index >= 15 is 8.78 Å². The van der Waals surface area contributed by atoms with Gasteiger partial charge >= 0.3 is 0 Å². The van der Waals surface area contributed by atoms with Crippen LogP contribution >= 0.6 is 11.8 Å². The second-order valence-corrected chi connectivity index (χ2v) is 20.2. The van der Waals surface area contributed by atoms with Gasteiger partial charge in [0.2, 0.25) is 11.9 Å². The molecular formula is C33H60F2N8O6S2. The molecule has 5 fully saturated rings. The van der Waals surface area contributed by atoms with Crippen molar-refractivity contribution in [2.45, 2.75) is 155 Å². The van der Waals surface area contributed by atoms with Gasteiger partial charge in [-0.1, -0.05) is 0 Å². The number of hydrogen-bond acceptors (Lipinski definition) is 13. The van der Waals surface area contributed by atoms with Gasteiger partial charge in [0, 0.05) is 56.2 Å². The van der Waals surface area contributed by atoms with Crippen molar-refractivity contribution >= 4 is 27.5 Å². The minimum absolute atomic E-state index is 0.0195. The van der Waals surface area contributed by atoms with E-state index in [9.17, 15) is 23.3 Å². The van der Waals surface area contributed by atoms with Crippen LogP contribution in [0.15, 0.2) is 0 Å². The monoisotopic (exact) mass is 766 g/mol. The first kappa shape index (κ1) is 40.9. The number of hydrogen-bond donors (Lipinski definition) is 5. The number of hydrazine groups is 1. The highest BCUT2D eigenvalue weighted by molar-refractivity contribution is 8.00. The lowest BCUT2D eigenvalue weighted by Crippen LogP contribution is -2.75. The molecular weight excluding hydrogens is 707 g/mol. The molecule has 3 aliphatic heterocycles. The van der Waals surface area contributed by atoms with E-state index < -0.39 is 54.3 Å². The summed E-state index contributed by atoms with van der Waals surface area (Å²) in [6.07, 6.45) is 0.113. The molecule has 0 radical (unpaired) electrons. The van der Waals surface area contributed by atoms with E-state index in [1.165, 1.54) is 25.6 Å². The zero-order chi connectivity index (χ0) is 37.2. The van der Waals surface area contributed by atoms with Gasteiger partial charge in [-0.05, 0) is 91.1 Å². The molecule has 5 rings (SSSR count). The molecule has 0 aromatic rings. The van der Waals surface area contributed by atoms with Crippen LogP contribution in [0.3, 0.4) is 0 Å². The van der Waals surface area contributed by atoms with Gasteiger partial charge in [-0.25, -0.2) is 22.6 Å². The summed E-state index contributed by atoms with van der Waals surface area (Å²) in [4.78, 5) is 27.2. The van der Waals surface area contributed by atoms with Crippen molar-refractivity contribution in [1.82, 2.24) is 36.6 Å². The topological polar surface area (TPSA) is 170 Å². The summed E-state index contributed by atoms with van der Waals surface area (Å²) in [6.45, 7) is 6.58. The van der Waals surface area contributed by atoms with Crippen LogP contribution in [-0.4, -0.2) is 133 Å². The summed E-state index contributed by atoms with van der Waals surface area (Å²) in [6, 6.07) is -1.14. The fraction of sp³-hybridized carbons (Fsp3) is 0.970. The van der Waals surface area contributed by atoms with E-state index in [1.54, 1.807) is 26.1 Å². The summed E-state index contributed by atoms with van der Waals surface area (Å²) in [5.74, 6) is -0.583. The number of methoxy groups -OCH3 is 1. The summed E-state index contributed by atoms with van der Waals surface area (Å²) in [5, 5.41) is 20.9. The number of piperidine rings is 1. The maximum Gasteiger partial charge on any atom is 0.244 e. The molecule has 294 valence electrons. The van der Waals surface area contributed by atoms with Crippen LogP contribution in [0.4, 0.5) is 8.78 Å². The van der Waals surface area contributed by atoms with Crippen LogP contribution in [0, 0.1) is 22.0 Å². The Balaban J connectivity index is 1.25. The highest BCUT2D eigenvalue weighted by Gasteiger charge is 2.55. The molecule has 1 amide bonds. The van der Waals surface area contributed by atoms with Gasteiger partial charge in [-0.2, -0.15) is 0 Å². The normalized spacial score (nSPS) is 39.1. The summed E-state index contributed by atoms with van der Waals surface area (Å²) < 4.78 is 64.1. The van der Waals surface area contributed by atoms with E-state index in [0.29, 0.717) is 25.2 Å². The Bertz CT molecular complexity index is 1310. The molecule has 3 heterocycles. The molecule has 0 spiro atoms. The number of thioether (sulfide) groups is 1. The SMILES string of the molecule is COC1C(NC2CC(C)NN2)NC(SC2CCC(S(=O)(=O)C(C)(C)C3CCCC([N+](=O)[O-])C3F)CC2F)NC1N1CCC(CC(=O)N(C)C)CC1. The molecule has 3 saturated heterocycles. The first-order valence-electron chi connectivity index (χ1n) is 18.6. The number of carbonyl (C=O) groups excluding carboxylic acids is 1. The van der Waals surface area contributed by atoms with Gasteiger partial charge < -0.3 is 9.64 Å². The van der Waals surface area contributed by atoms with E-state index in [0.717, 1.165) is 32.4 Å². The van der Waals surface area contributed by atoms with Crippen LogP contribution in [0.2, 0.25) is 0 Å². The predicted molar refractivity (Wildman–Crippen MR) is 193 cm³/mol. The summed E-state index contributed by atoms with van der Waals surface area (Å²) in [7, 11) is 1.22. The molecule has 5 N–H and O–H groups in total. The average Bonchev–Trinajstić information content (AvgIpc) is 3.49. The number of ether oxygens (including phenoxy) is 1. The first-order valence-corrected chi connectivity index (χ1v) is 21.1. The Kier molecular flexibility index (Phi) is 13.7. The third-order valence-electron chi connectivity index (χ3n) is 12.1. The molecule has 51 heavy (non-hydrogen) atoms. The van der Waals surface area contributed by atoms with Crippen molar-refractivity contribution in [1.29, 1.82) is 0 Å². The van der Waals surface area contributed by atoms with E-state index in [4.69, 9.17) is 4.74 Å². The number of likely N-dealkylation sites (tertiary alicyclic amines) is 1. The van der Waals surface area contributed by atoms with Crippen LogP contribution in [-0.2, 0) is 19.4 Å². The van der Waals surface area contributed by atoms with Gasteiger partial charge in [0.05, 0.1) is 28.5 Å². The van der Waals surface area contributed by atoms with Crippen molar-refractivity contribution in [3.63, 3.8) is 0 Å². The molecule has 0 aromatic heterocycles. The van der Waals surface area contributed by atoms with E-state index in [-0.39, 0.29) is 67.7 Å². The third kappa shape index (κ3) is 9.18. The second-order valence-electron chi connectivity index (χ2n) is 16.1. The zero-order valence-electron chi connectivity index (χ0n) is 30.9. The van der Waals surface area contributed by atoms with Crippen LogP contribution in [0.5, 0.6) is 0 Å². The minimum Gasteiger partial charge on any atom is -0.375 e. The molecule has 5 aliphatic rings. The Morgan fingerprint density at radius 1 is 1.08 bits per heavy atom. The zero-order valence-corrected chi connectivity index (χ0v) is 32.5. The molecule has 0 bridgehead atoms. The Labute approximate surface area is 306 Å². The standard InChI is InChI=1S/C33H60F2N8O6S2/c1-19-16-26(40-39-19)36-30-29(49-6)31(42-14-12-20(13-15-42)17-27(44)41(4)5)38-32(37-30)50-25-11-10-21(18-23(25)34)51(47,48)33(2,3)22-8-7-9-24(28(22)35)43(45)46/h19-26,28-32,36-40H,7-18H2,1-6H3. The first-order chi connectivity index (χ1) is 24.0. The highest BCUT2D eigenvalue weighted by Crippen LogP contribution is 2.45. The molecule has 14 nitrogen and oxygen atoms in total. The third-order valence-corrected chi connectivity index (χ3v) is 16.6. The molecule has 2 aliphatic carbocycles. The molecule has 2 saturated carbocycles. The van der Waals surface area contributed by atoms with Crippen molar-refractivity contribution in [2.24, 2.45) is 11.8 Å². The van der Waals surface area contributed by atoms with Crippen LogP contribution < -0.4 is 26.8 Å². The largest absolute Gasteiger partial charge is 0.375 e. The van der Waals surface area contributed by atoms with Gasteiger partial charge in [0.15, 0.2) is 16.0 Å². The van der Waals surface area contributed by atoms with Crippen LogP contribution in [0.25, 0.3) is 0 Å². The number of amides is 1. The molecule has 0 aromatic carbocycles. The number of carbonyl (C=O) groups is 1. The second kappa shape index (κ2) is 17.0. The van der Waals surface area contributed by atoms with Gasteiger partial charge in [-0.3, -0.25) is 41.2 Å². The van der Waals surface area contributed by atoms with Gasteiger partial charge in [0.1, 0.15) is 17.8 Å².